The van der Waals surface area contributed by atoms with Crippen LogP contribution in [0.1, 0.15) is 13.0 Å². The Balaban J connectivity index is 3.10. The number of hydrogen-bond donors (Lipinski definition) is 1. The summed E-state index contributed by atoms with van der Waals surface area (Å²) in [5.74, 6) is 0. The summed E-state index contributed by atoms with van der Waals surface area (Å²) in [4.78, 5) is 0. The number of alkyl halides is 3. The third-order valence-electron chi connectivity index (χ3n) is 1.46. The van der Waals surface area contributed by atoms with Gasteiger partial charge in [-0.1, -0.05) is 23.7 Å². The molecule has 1 rings (SSSR count). The van der Waals surface area contributed by atoms with E-state index in [0.717, 1.165) is 12.1 Å². The molecule has 0 saturated heterocycles. The van der Waals surface area contributed by atoms with Gasteiger partial charge in [0, 0.05) is 5.02 Å². The molecule has 0 spiro atoms. The molecule has 0 unspecified atom stereocenters. The van der Waals surface area contributed by atoms with Gasteiger partial charge in [0.1, 0.15) is 6.02 Å². The fourth-order valence-corrected chi connectivity index (χ4v) is 0.919. The van der Waals surface area contributed by atoms with E-state index in [1.54, 1.807) is 0 Å². The third-order valence-corrected chi connectivity index (χ3v) is 1.71. The van der Waals surface area contributed by atoms with Crippen molar-refractivity contribution in [3.8, 4) is 0 Å². The van der Waals surface area contributed by atoms with Gasteiger partial charge in [-0.2, -0.15) is 13.2 Å². The van der Waals surface area contributed by atoms with Gasteiger partial charge < -0.3 is 5.73 Å². The topological polar surface area (TPSA) is 26.0 Å². The molecule has 0 heterocycles. The Labute approximate surface area is 79.7 Å². The molecule has 1 atom stereocenters. The second-order valence-electron chi connectivity index (χ2n) is 2.42. The highest BCUT2D eigenvalue weighted by molar-refractivity contribution is 6.30. The van der Waals surface area contributed by atoms with E-state index in [0.29, 0.717) is 5.02 Å². The number of hydrogen-bond acceptors (Lipinski definition) is 1. The van der Waals surface area contributed by atoms with Crippen molar-refractivity contribution in [3.05, 3.63) is 34.9 Å². The molecule has 5 heteroatoms. The zero-order valence-corrected chi connectivity index (χ0v) is 7.15. The first-order valence-electron chi connectivity index (χ1n) is 3.87. The van der Waals surface area contributed by atoms with Crippen LogP contribution in [0.4, 0.5) is 13.2 Å². The van der Waals surface area contributed by atoms with Crippen molar-refractivity contribution in [1.29, 1.82) is 0 Å². The van der Waals surface area contributed by atoms with E-state index in [4.69, 9.17) is 18.7 Å². The average molecular weight is 211 g/mol. The van der Waals surface area contributed by atoms with Gasteiger partial charge in [-0.25, -0.2) is 0 Å². The van der Waals surface area contributed by atoms with Gasteiger partial charge >= 0.3 is 6.18 Å². The van der Waals surface area contributed by atoms with Crippen LogP contribution in [-0.4, -0.2) is 6.18 Å². The Kier molecular flexibility index (Phi) is 2.42. The summed E-state index contributed by atoms with van der Waals surface area (Å²) >= 11 is 5.49. The molecule has 0 amide bonds. The van der Waals surface area contributed by atoms with Crippen LogP contribution >= 0.6 is 11.6 Å². The lowest BCUT2D eigenvalue weighted by molar-refractivity contribution is -0.149. The van der Waals surface area contributed by atoms with E-state index < -0.39 is 12.2 Å². The minimum Gasteiger partial charge on any atom is -0.316 e. The normalized spacial score (nSPS) is 17.8. The van der Waals surface area contributed by atoms with Crippen LogP contribution < -0.4 is 5.73 Å². The smallest absolute Gasteiger partial charge is 0.316 e. The lowest BCUT2D eigenvalue weighted by atomic mass is 10.1. The summed E-state index contributed by atoms with van der Waals surface area (Å²) in [6.45, 7) is 0. The predicted octanol–water partition coefficient (Wildman–Crippen LogP) is 2.90. The second kappa shape index (κ2) is 3.55. The number of benzene rings is 1. The summed E-state index contributed by atoms with van der Waals surface area (Å²) in [6.07, 6.45) is -4.80. The van der Waals surface area contributed by atoms with Crippen molar-refractivity contribution in [1.82, 2.24) is 0 Å². The molecule has 0 aliphatic carbocycles. The van der Waals surface area contributed by atoms with E-state index in [2.05, 4.69) is 0 Å². The van der Waals surface area contributed by atoms with E-state index in [-0.39, 0.29) is 5.56 Å². The molecule has 1 aromatic rings. The van der Waals surface area contributed by atoms with Crippen LogP contribution in [-0.2, 0) is 0 Å². The Bertz CT molecular complexity index is 320. The summed E-state index contributed by atoms with van der Waals surface area (Å²) in [7, 11) is 0. The summed E-state index contributed by atoms with van der Waals surface area (Å²) < 4.78 is 43.8. The Morgan fingerprint density at radius 2 is 1.77 bits per heavy atom. The number of nitrogens with two attached hydrogens (primary N) is 1. The molecule has 0 aliphatic heterocycles. The molecular weight excluding hydrogens is 203 g/mol. The van der Waals surface area contributed by atoms with Crippen LogP contribution in [0.2, 0.25) is 5.02 Å². The Morgan fingerprint density at radius 3 is 2.15 bits per heavy atom. The maximum atomic E-state index is 12.3. The molecule has 0 radical (unpaired) electrons. The fraction of sp³-hybridized carbons (Fsp3) is 0.250. The zero-order chi connectivity index (χ0) is 11.0. The minimum atomic E-state index is -4.80. The van der Waals surface area contributed by atoms with Crippen LogP contribution in [0.5, 0.6) is 0 Å². The molecule has 2 N–H and O–H groups in total. The van der Waals surface area contributed by atoms with Gasteiger partial charge in [-0.15, -0.1) is 0 Å². The minimum absolute atomic E-state index is 0.298. The summed E-state index contributed by atoms with van der Waals surface area (Å²) in [5.41, 5.74) is 4.53. The van der Waals surface area contributed by atoms with Crippen LogP contribution in [0.3, 0.4) is 0 Å². The predicted molar refractivity (Wildman–Crippen MR) is 44.4 cm³/mol. The van der Waals surface area contributed by atoms with E-state index in [9.17, 15) is 13.2 Å². The van der Waals surface area contributed by atoms with Gasteiger partial charge in [0.05, 0.1) is 1.37 Å². The first-order chi connectivity index (χ1) is 6.25. The maximum absolute atomic E-state index is 12.3. The first-order valence-corrected chi connectivity index (χ1v) is 3.74. The lowest BCUT2D eigenvalue weighted by Crippen LogP contribution is -2.28. The van der Waals surface area contributed by atoms with Gasteiger partial charge in [0.25, 0.3) is 0 Å². The monoisotopic (exact) mass is 210 g/mol. The van der Waals surface area contributed by atoms with Crippen molar-refractivity contribution in [2.45, 2.75) is 12.2 Å². The molecule has 0 fully saturated rings. The molecule has 0 saturated carbocycles. The first kappa shape index (κ1) is 8.84. The molecule has 0 aromatic heterocycles. The van der Waals surface area contributed by atoms with Gasteiger partial charge in [-0.3, -0.25) is 0 Å². The van der Waals surface area contributed by atoms with E-state index in [1.807, 2.05) is 0 Å². The third kappa shape index (κ3) is 2.60. The van der Waals surface area contributed by atoms with Crippen LogP contribution in [0.25, 0.3) is 0 Å². The highest BCUT2D eigenvalue weighted by Gasteiger charge is 2.37. The van der Waals surface area contributed by atoms with E-state index in [1.165, 1.54) is 12.1 Å². The Hall–Kier alpha value is -0.740. The summed E-state index contributed by atoms with van der Waals surface area (Å²) in [5, 5.41) is 0.298. The number of halogens is 4. The van der Waals surface area contributed by atoms with Crippen molar-refractivity contribution >= 4 is 11.6 Å². The maximum Gasteiger partial charge on any atom is 0.407 e. The van der Waals surface area contributed by atoms with Crippen molar-refractivity contribution < 1.29 is 14.5 Å². The SMILES string of the molecule is [2H][C@](N)(c1ccc(Cl)cc1)C(F)(F)F. The van der Waals surface area contributed by atoms with Crippen molar-refractivity contribution in [2.24, 2.45) is 5.73 Å². The van der Waals surface area contributed by atoms with Crippen molar-refractivity contribution in [3.63, 3.8) is 0 Å². The van der Waals surface area contributed by atoms with Crippen molar-refractivity contribution in [2.75, 3.05) is 0 Å². The highest BCUT2D eigenvalue weighted by Crippen LogP contribution is 2.30. The van der Waals surface area contributed by atoms with Gasteiger partial charge in [0.2, 0.25) is 0 Å². The largest absolute Gasteiger partial charge is 0.407 e. The average Bonchev–Trinajstić information content (AvgIpc) is 2.03. The van der Waals surface area contributed by atoms with E-state index >= 15 is 0 Å². The lowest BCUT2D eigenvalue weighted by Gasteiger charge is -2.15. The number of rotatable bonds is 1. The molecule has 72 valence electrons. The van der Waals surface area contributed by atoms with Crippen LogP contribution in [0, 0.1) is 0 Å². The molecule has 13 heavy (non-hydrogen) atoms. The molecular formula is C8H7ClF3N. The summed E-state index contributed by atoms with van der Waals surface area (Å²) in [6, 6.07) is 1.61. The van der Waals surface area contributed by atoms with Gasteiger partial charge in [0.15, 0.2) is 0 Å². The molecule has 0 bridgehead atoms. The van der Waals surface area contributed by atoms with Gasteiger partial charge in [-0.05, 0) is 17.7 Å². The quantitative estimate of drug-likeness (QED) is 0.758. The molecule has 1 aromatic carbocycles. The fourth-order valence-electron chi connectivity index (χ4n) is 0.793. The Morgan fingerprint density at radius 1 is 1.31 bits per heavy atom. The zero-order valence-electron chi connectivity index (χ0n) is 7.40. The standard InChI is InChI=1S/C8H7ClF3N/c9-6-3-1-5(2-4-6)7(13)8(10,11)12/h1-4,7H,13H2/t7-/m0/s1/i7D. The van der Waals surface area contributed by atoms with Crippen LogP contribution in [0.15, 0.2) is 24.3 Å². The highest BCUT2D eigenvalue weighted by atomic mass is 35.5. The molecule has 1 nitrogen and oxygen atoms in total. The second-order valence-corrected chi connectivity index (χ2v) is 2.85. The molecule has 0 aliphatic rings.